The van der Waals surface area contributed by atoms with Gasteiger partial charge in [0.2, 0.25) is 0 Å². The van der Waals surface area contributed by atoms with Crippen molar-refractivity contribution >= 4 is 6.21 Å². The van der Waals surface area contributed by atoms with Crippen molar-refractivity contribution in [3.63, 3.8) is 0 Å². The topological polar surface area (TPSA) is 73.9 Å². The first kappa shape index (κ1) is 13.1. The molecule has 0 saturated heterocycles. The Morgan fingerprint density at radius 1 is 1.32 bits per heavy atom. The lowest BCUT2D eigenvalue weighted by atomic mass is 10.2. The maximum atomic E-state index is 12.5. The zero-order valence-corrected chi connectivity index (χ0v) is 9.53. The van der Waals surface area contributed by atoms with Crippen LogP contribution >= 0.6 is 0 Å². The number of nitrogens with one attached hydrogen (secondary N) is 2. The van der Waals surface area contributed by atoms with E-state index in [0.717, 1.165) is 6.21 Å². The number of halogens is 3. The summed E-state index contributed by atoms with van der Waals surface area (Å²) < 4.78 is 37.6. The molecule has 2 N–H and O–H groups in total. The quantitative estimate of drug-likeness (QED) is 0.833. The molecule has 2 heterocycles. The Bertz CT molecular complexity index is 627. The summed E-state index contributed by atoms with van der Waals surface area (Å²) in [6.45, 7) is 0.1000. The zero-order valence-electron chi connectivity index (χ0n) is 9.53. The molecular weight excluding hydrogens is 261 g/mol. The van der Waals surface area contributed by atoms with Gasteiger partial charge in [0, 0.05) is 12.4 Å². The average Bonchev–Trinajstić information content (AvgIpc) is 2.72. The maximum Gasteiger partial charge on any atom is 0.433 e. The first-order valence-corrected chi connectivity index (χ1v) is 5.26. The van der Waals surface area contributed by atoms with Crippen LogP contribution in [0.25, 0.3) is 0 Å². The van der Waals surface area contributed by atoms with Gasteiger partial charge in [0.1, 0.15) is 0 Å². The summed E-state index contributed by atoms with van der Waals surface area (Å²) in [6.07, 6.45) is -2.19. The van der Waals surface area contributed by atoms with Crippen molar-refractivity contribution in [1.82, 2.24) is 15.2 Å². The SMILES string of the molecule is O=c1[nH][nH]c(C(F)(F)F)c1C=NCc1ccccn1. The molecule has 2 aromatic rings. The smallest absolute Gasteiger partial charge is 0.293 e. The summed E-state index contributed by atoms with van der Waals surface area (Å²) in [5, 5.41) is 3.68. The fourth-order valence-corrected chi connectivity index (χ4v) is 1.44. The van der Waals surface area contributed by atoms with Crippen molar-refractivity contribution in [2.75, 3.05) is 0 Å². The van der Waals surface area contributed by atoms with E-state index < -0.39 is 23.0 Å². The maximum absolute atomic E-state index is 12.5. The second-order valence-corrected chi connectivity index (χ2v) is 3.66. The molecule has 0 aliphatic heterocycles. The van der Waals surface area contributed by atoms with Crippen LogP contribution in [0.5, 0.6) is 0 Å². The highest BCUT2D eigenvalue weighted by Crippen LogP contribution is 2.28. The third-order valence-electron chi connectivity index (χ3n) is 2.30. The summed E-state index contributed by atoms with van der Waals surface area (Å²) >= 11 is 0. The Balaban J connectivity index is 2.20. The van der Waals surface area contributed by atoms with Gasteiger partial charge in [-0.25, -0.2) is 0 Å². The molecule has 2 aromatic heterocycles. The van der Waals surface area contributed by atoms with Gasteiger partial charge in [-0.15, -0.1) is 0 Å². The Hall–Kier alpha value is -2.38. The summed E-state index contributed by atoms with van der Waals surface area (Å²) in [4.78, 5) is 19.0. The van der Waals surface area contributed by atoms with Gasteiger partial charge in [-0.2, -0.15) is 13.2 Å². The average molecular weight is 270 g/mol. The van der Waals surface area contributed by atoms with Gasteiger partial charge >= 0.3 is 6.18 Å². The van der Waals surface area contributed by atoms with E-state index in [9.17, 15) is 18.0 Å². The van der Waals surface area contributed by atoms with Gasteiger partial charge in [-0.3, -0.25) is 25.0 Å². The fraction of sp³-hybridized carbons (Fsp3) is 0.182. The van der Waals surface area contributed by atoms with Crippen LogP contribution in [0.15, 0.2) is 34.2 Å². The Kier molecular flexibility index (Phi) is 3.50. The lowest BCUT2D eigenvalue weighted by molar-refractivity contribution is -0.141. The molecule has 8 heteroatoms. The molecule has 0 aliphatic carbocycles. The number of alkyl halides is 3. The molecule has 0 aliphatic rings. The summed E-state index contributed by atoms with van der Waals surface area (Å²) in [5.41, 5.74) is -1.94. The molecule has 0 atom stereocenters. The number of H-pyrrole nitrogens is 2. The minimum atomic E-state index is -4.63. The van der Waals surface area contributed by atoms with Crippen LogP contribution in [-0.2, 0) is 12.7 Å². The first-order valence-electron chi connectivity index (χ1n) is 5.26. The van der Waals surface area contributed by atoms with Gasteiger partial charge in [0.25, 0.3) is 5.56 Å². The monoisotopic (exact) mass is 270 g/mol. The van der Waals surface area contributed by atoms with E-state index in [0.29, 0.717) is 5.69 Å². The molecule has 0 unspecified atom stereocenters. The van der Waals surface area contributed by atoms with Gasteiger partial charge in [-0.05, 0) is 12.1 Å². The van der Waals surface area contributed by atoms with Crippen molar-refractivity contribution in [2.45, 2.75) is 12.7 Å². The summed E-state index contributed by atoms with van der Waals surface area (Å²) in [5.74, 6) is 0. The predicted molar refractivity (Wildman–Crippen MR) is 62.0 cm³/mol. The number of hydrogen-bond acceptors (Lipinski definition) is 3. The van der Waals surface area contributed by atoms with Crippen molar-refractivity contribution in [3.8, 4) is 0 Å². The first-order chi connectivity index (χ1) is 8.98. The Morgan fingerprint density at radius 3 is 2.74 bits per heavy atom. The van der Waals surface area contributed by atoms with Gasteiger partial charge < -0.3 is 0 Å². The van der Waals surface area contributed by atoms with E-state index in [1.54, 1.807) is 29.5 Å². The molecular formula is C11H9F3N4O. The van der Waals surface area contributed by atoms with Gasteiger partial charge in [0.05, 0.1) is 17.8 Å². The molecule has 0 fully saturated rings. The predicted octanol–water partition coefficient (Wildman–Crippen LogP) is 1.74. The molecule has 2 rings (SSSR count). The number of nitrogens with zero attached hydrogens (tertiary/aromatic N) is 2. The van der Waals surface area contributed by atoms with Crippen LogP contribution in [0.2, 0.25) is 0 Å². The highest BCUT2D eigenvalue weighted by Gasteiger charge is 2.36. The van der Waals surface area contributed by atoms with Crippen molar-refractivity contribution < 1.29 is 13.2 Å². The van der Waals surface area contributed by atoms with Crippen molar-refractivity contribution in [2.24, 2.45) is 4.99 Å². The van der Waals surface area contributed by atoms with E-state index in [1.165, 1.54) is 0 Å². The zero-order chi connectivity index (χ0) is 13.9. The number of aromatic amines is 2. The largest absolute Gasteiger partial charge is 0.433 e. The Labute approximate surface area is 105 Å². The highest BCUT2D eigenvalue weighted by molar-refractivity contribution is 5.80. The number of aromatic nitrogens is 3. The number of pyridine rings is 1. The minimum Gasteiger partial charge on any atom is -0.293 e. The summed E-state index contributed by atoms with van der Waals surface area (Å²) in [6, 6.07) is 5.14. The highest BCUT2D eigenvalue weighted by atomic mass is 19.4. The molecule has 19 heavy (non-hydrogen) atoms. The minimum absolute atomic E-state index is 0.1000. The third kappa shape index (κ3) is 3.09. The van der Waals surface area contributed by atoms with Crippen molar-refractivity contribution in [1.29, 1.82) is 0 Å². The van der Waals surface area contributed by atoms with E-state index in [-0.39, 0.29) is 6.54 Å². The van der Waals surface area contributed by atoms with Crippen LogP contribution < -0.4 is 5.56 Å². The summed E-state index contributed by atoms with van der Waals surface area (Å²) in [7, 11) is 0. The van der Waals surface area contributed by atoms with E-state index in [2.05, 4.69) is 9.98 Å². The molecule has 5 nitrogen and oxygen atoms in total. The third-order valence-corrected chi connectivity index (χ3v) is 2.30. The van der Waals surface area contributed by atoms with E-state index in [1.807, 2.05) is 5.10 Å². The molecule has 0 spiro atoms. The van der Waals surface area contributed by atoms with Crippen LogP contribution in [0.4, 0.5) is 13.2 Å². The normalized spacial score (nSPS) is 12.2. The van der Waals surface area contributed by atoms with Crippen molar-refractivity contribution in [3.05, 3.63) is 51.7 Å². The number of rotatable bonds is 3. The second-order valence-electron chi connectivity index (χ2n) is 3.66. The molecule has 0 aromatic carbocycles. The van der Waals surface area contributed by atoms with Gasteiger partial charge in [0.15, 0.2) is 5.69 Å². The number of aliphatic imine (C=N–C) groups is 1. The molecule has 0 saturated carbocycles. The standard InChI is InChI=1S/C11H9F3N4O/c12-11(13,14)9-8(10(19)18-17-9)6-15-5-7-3-1-2-4-16-7/h1-4,6H,5H2,(H2,17,18,19). The molecule has 0 radical (unpaired) electrons. The van der Waals surface area contributed by atoms with Crippen LogP contribution in [0, 0.1) is 0 Å². The van der Waals surface area contributed by atoms with Crippen LogP contribution in [0.3, 0.4) is 0 Å². The lowest BCUT2D eigenvalue weighted by Gasteiger charge is -2.03. The fourth-order valence-electron chi connectivity index (χ4n) is 1.44. The van der Waals surface area contributed by atoms with E-state index in [4.69, 9.17) is 0 Å². The molecule has 0 amide bonds. The molecule has 0 bridgehead atoms. The van der Waals surface area contributed by atoms with Crippen LogP contribution in [0.1, 0.15) is 17.0 Å². The lowest BCUT2D eigenvalue weighted by Crippen LogP contribution is -2.12. The second kappa shape index (κ2) is 5.09. The Morgan fingerprint density at radius 2 is 2.11 bits per heavy atom. The van der Waals surface area contributed by atoms with Gasteiger partial charge in [-0.1, -0.05) is 6.07 Å². The van der Waals surface area contributed by atoms with Crippen LogP contribution in [-0.4, -0.2) is 21.4 Å². The van der Waals surface area contributed by atoms with E-state index >= 15 is 0 Å². The molecule has 100 valence electrons. The number of hydrogen-bond donors (Lipinski definition) is 2.